The van der Waals surface area contributed by atoms with Gasteiger partial charge in [-0.05, 0) is 35.9 Å². The van der Waals surface area contributed by atoms with Crippen molar-refractivity contribution in [2.75, 3.05) is 39.3 Å². The van der Waals surface area contributed by atoms with Gasteiger partial charge < -0.3 is 14.1 Å². The summed E-state index contributed by atoms with van der Waals surface area (Å²) in [6.45, 7) is 7.32. The number of carbonyl (C=O) groups is 2. The largest absolute Gasteiger partial charge is 0.463 e. The summed E-state index contributed by atoms with van der Waals surface area (Å²) in [5.41, 5.74) is 0.789. The van der Waals surface area contributed by atoms with Gasteiger partial charge in [-0.3, -0.25) is 9.69 Å². The van der Waals surface area contributed by atoms with E-state index in [4.69, 9.17) is 9.15 Å². The molecule has 4 heterocycles. The summed E-state index contributed by atoms with van der Waals surface area (Å²) >= 11 is 1.63. The molecule has 1 fully saturated rings. The van der Waals surface area contributed by atoms with Crippen molar-refractivity contribution in [1.82, 2.24) is 14.8 Å². The number of nitrogens with zero attached hydrogens (tertiary/aromatic N) is 4. The molecule has 0 radical (unpaired) electrons. The predicted octanol–water partition coefficient (Wildman–Crippen LogP) is 3.82. The summed E-state index contributed by atoms with van der Waals surface area (Å²) in [6.07, 6.45) is 2.79. The molecule has 0 bridgehead atoms. The molecule has 4 rings (SSSR count). The Balaban J connectivity index is 1.39. The number of rotatable bonds is 6. The number of hydrazone groups is 1. The van der Waals surface area contributed by atoms with E-state index in [0.717, 1.165) is 23.6 Å². The summed E-state index contributed by atoms with van der Waals surface area (Å²) in [4.78, 5) is 30.5. The van der Waals surface area contributed by atoms with Crippen molar-refractivity contribution in [3.05, 3.63) is 46.5 Å². The van der Waals surface area contributed by atoms with E-state index < -0.39 is 0 Å². The number of furan rings is 1. The van der Waals surface area contributed by atoms with Gasteiger partial charge in [0.15, 0.2) is 0 Å². The average molecular weight is 459 g/mol. The molecule has 0 saturated carbocycles. The summed E-state index contributed by atoms with van der Waals surface area (Å²) in [7, 11) is 0. The van der Waals surface area contributed by atoms with E-state index in [9.17, 15) is 9.59 Å². The molecule has 2 aliphatic rings. The van der Waals surface area contributed by atoms with Crippen molar-refractivity contribution in [3.63, 3.8) is 0 Å². The van der Waals surface area contributed by atoms with Crippen molar-refractivity contribution in [1.29, 1.82) is 0 Å². The second kappa shape index (κ2) is 10.3. The Labute approximate surface area is 192 Å². The molecular weight excluding hydrogens is 428 g/mol. The van der Waals surface area contributed by atoms with Gasteiger partial charge in [0.25, 0.3) is 5.91 Å². The van der Waals surface area contributed by atoms with Crippen LogP contribution in [0.25, 0.3) is 0 Å². The van der Waals surface area contributed by atoms with Crippen LogP contribution in [0.5, 0.6) is 0 Å². The van der Waals surface area contributed by atoms with Crippen LogP contribution in [0.2, 0.25) is 0 Å². The smallest absolute Gasteiger partial charge is 0.409 e. The Morgan fingerprint density at radius 2 is 2.09 bits per heavy atom. The summed E-state index contributed by atoms with van der Waals surface area (Å²) in [5.74, 6) is 0.969. The van der Waals surface area contributed by atoms with Gasteiger partial charge in [-0.15, -0.1) is 11.3 Å². The Morgan fingerprint density at radius 1 is 1.22 bits per heavy atom. The van der Waals surface area contributed by atoms with Crippen LogP contribution in [0.15, 0.2) is 45.4 Å². The number of ether oxygens (including phenoxy) is 1. The normalized spacial score (nSPS) is 19.8. The minimum Gasteiger partial charge on any atom is -0.463 e. The molecule has 1 atom stereocenters. The topological polar surface area (TPSA) is 78.6 Å². The molecule has 1 unspecified atom stereocenters. The second-order valence-electron chi connectivity index (χ2n) is 8.59. The molecule has 9 heteroatoms. The zero-order valence-corrected chi connectivity index (χ0v) is 19.4. The van der Waals surface area contributed by atoms with E-state index >= 15 is 0 Å². The van der Waals surface area contributed by atoms with Crippen molar-refractivity contribution in [2.45, 2.75) is 32.7 Å². The molecule has 8 nitrogen and oxygen atoms in total. The zero-order chi connectivity index (χ0) is 22.5. The Hall–Kier alpha value is -2.65. The quantitative estimate of drug-likeness (QED) is 0.658. The van der Waals surface area contributed by atoms with Gasteiger partial charge in [0, 0.05) is 37.5 Å². The Bertz CT molecular complexity index is 926. The molecule has 2 aromatic rings. The average Bonchev–Trinajstić information content (AvgIpc) is 3.52. The van der Waals surface area contributed by atoms with E-state index in [0.29, 0.717) is 44.3 Å². The molecule has 2 aromatic heterocycles. The highest BCUT2D eigenvalue weighted by Crippen LogP contribution is 2.35. The van der Waals surface area contributed by atoms with Crippen LogP contribution in [0.4, 0.5) is 4.79 Å². The minimum absolute atomic E-state index is 0.0409. The molecule has 2 amide bonds. The van der Waals surface area contributed by atoms with E-state index in [-0.39, 0.29) is 24.6 Å². The maximum atomic E-state index is 13.3. The van der Waals surface area contributed by atoms with Crippen molar-refractivity contribution in [3.8, 4) is 0 Å². The molecular formula is C23H30N4O4S. The zero-order valence-electron chi connectivity index (χ0n) is 18.6. The van der Waals surface area contributed by atoms with Crippen LogP contribution in [-0.4, -0.2) is 71.9 Å². The Kier molecular flexibility index (Phi) is 7.26. The predicted molar refractivity (Wildman–Crippen MR) is 123 cm³/mol. The fourth-order valence-electron chi connectivity index (χ4n) is 3.94. The maximum absolute atomic E-state index is 13.3. The van der Waals surface area contributed by atoms with Gasteiger partial charge in [0.2, 0.25) is 0 Å². The van der Waals surface area contributed by atoms with Gasteiger partial charge in [0.1, 0.15) is 11.5 Å². The van der Waals surface area contributed by atoms with Crippen LogP contribution < -0.4 is 0 Å². The SMILES string of the molecule is CC(C)COC(=O)N1CCCN(CC(=O)N2N=C(c3ccco3)CC2c2cccs2)CC1. The first-order valence-electron chi connectivity index (χ1n) is 11.1. The van der Waals surface area contributed by atoms with Crippen LogP contribution >= 0.6 is 11.3 Å². The lowest BCUT2D eigenvalue weighted by Crippen LogP contribution is -2.40. The maximum Gasteiger partial charge on any atom is 0.409 e. The standard InChI is InChI=1S/C23H30N4O4S/c1-17(2)16-31-23(29)26-9-5-8-25(10-11-26)15-22(28)27-19(21-7-4-13-32-21)14-18(24-27)20-6-3-12-30-20/h3-4,6-7,12-13,17,19H,5,8-11,14-16H2,1-2H3. The first kappa shape index (κ1) is 22.5. The van der Waals surface area contributed by atoms with Crippen LogP contribution in [-0.2, 0) is 9.53 Å². The number of hydrogen-bond donors (Lipinski definition) is 0. The van der Waals surface area contributed by atoms with E-state index in [1.807, 2.05) is 43.5 Å². The first-order chi connectivity index (χ1) is 15.5. The molecule has 172 valence electrons. The fourth-order valence-corrected chi connectivity index (χ4v) is 4.75. The summed E-state index contributed by atoms with van der Waals surface area (Å²) in [5, 5.41) is 8.28. The summed E-state index contributed by atoms with van der Waals surface area (Å²) < 4.78 is 10.9. The number of carbonyl (C=O) groups excluding carboxylic acids is 2. The molecule has 0 aliphatic carbocycles. The first-order valence-corrected chi connectivity index (χ1v) is 12.0. The number of thiophene rings is 1. The number of hydrogen-bond acceptors (Lipinski definition) is 7. The fraction of sp³-hybridized carbons (Fsp3) is 0.522. The highest BCUT2D eigenvalue weighted by atomic mass is 32.1. The second-order valence-corrected chi connectivity index (χ2v) is 9.56. The van der Waals surface area contributed by atoms with E-state index in [1.54, 1.807) is 27.5 Å². The molecule has 0 spiro atoms. The molecule has 2 aliphatic heterocycles. The van der Waals surface area contributed by atoms with Crippen LogP contribution in [0.3, 0.4) is 0 Å². The van der Waals surface area contributed by atoms with Gasteiger partial charge in [0.05, 0.1) is 25.5 Å². The highest BCUT2D eigenvalue weighted by molar-refractivity contribution is 7.10. The van der Waals surface area contributed by atoms with E-state index in [1.165, 1.54) is 0 Å². The third-order valence-corrected chi connectivity index (χ3v) is 6.56. The third-order valence-electron chi connectivity index (χ3n) is 5.59. The lowest BCUT2D eigenvalue weighted by Gasteiger charge is -2.25. The van der Waals surface area contributed by atoms with Crippen molar-refractivity contribution >= 4 is 29.0 Å². The van der Waals surface area contributed by atoms with Gasteiger partial charge in [-0.25, -0.2) is 9.80 Å². The Morgan fingerprint density at radius 3 is 2.81 bits per heavy atom. The lowest BCUT2D eigenvalue weighted by atomic mass is 10.1. The highest BCUT2D eigenvalue weighted by Gasteiger charge is 2.35. The van der Waals surface area contributed by atoms with Crippen LogP contribution in [0.1, 0.15) is 43.4 Å². The van der Waals surface area contributed by atoms with E-state index in [2.05, 4.69) is 10.0 Å². The van der Waals surface area contributed by atoms with Crippen LogP contribution in [0, 0.1) is 5.92 Å². The van der Waals surface area contributed by atoms with Gasteiger partial charge in [-0.1, -0.05) is 19.9 Å². The third kappa shape index (κ3) is 5.39. The lowest BCUT2D eigenvalue weighted by molar-refractivity contribution is -0.134. The monoisotopic (exact) mass is 458 g/mol. The van der Waals surface area contributed by atoms with Crippen molar-refractivity contribution < 1.29 is 18.7 Å². The molecule has 0 aromatic carbocycles. The van der Waals surface area contributed by atoms with Crippen molar-refractivity contribution in [2.24, 2.45) is 11.0 Å². The number of amides is 2. The summed E-state index contributed by atoms with van der Waals surface area (Å²) in [6, 6.07) is 7.63. The molecule has 0 N–H and O–H groups in total. The molecule has 1 saturated heterocycles. The van der Waals surface area contributed by atoms with Gasteiger partial charge in [-0.2, -0.15) is 5.10 Å². The minimum atomic E-state index is -0.267. The molecule has 32 heavy (non-hydrogen) atoms. The van der Waals surface area contributed by atoms with Gasteiger partial charge >= 0.3 is 6.09 Å².